The fraction of sp³-hybridized carbons (Fsp3) is 0.412. The van der Waals surface area contributed by atoms with Gasteiger partial charge < -0.3 is 14.5 Å². The van der Waals surface area contributed by atoms with E-state index in [0.29, 0.717) is 12.5 Å². The number of halogens is 1. The Labute approximate surface area is 134 Å². The molecule has 4 heteroatoms. The molecule has 1 aromatic heterocycles. The van der Waals surface area contributed by atoms with E-state index in [-0.39, 0.29) is 0 Å². The molecule has 0 spiro atoms. The molecule has 0 aliphatic heterocycles. The third-order valence-electron chi connectivity index (χ3n) is 3.12. The fourth-order valence-electron chi connectivity index (χ4n) is 2.02. The zero-order valence-corrected chi connectivity index (χ0v) is 14.4. The van der Waals surface area contributed by atoms with Gasteiger partial charge >= 0.3 is 0 Å². The molecule has 2 rings (SSSR count). The summed E-state index contributed by atoms with van der Waals surface area (Å²) in [6.07, 6.45) is 0. The molecular weight excluding hydrogens is 330 g/mol. The second kappa shape index (κ2) is 7.66. The van der Waals surface area contributed by atoms with Crippen molar-refractivity contribution in [1.29, 1.82) is 0 Å². The molecule has 0 radical (unpaired) electrons. The predicted octanol–water partition coefficient (Wildman–Crippen LogP) is 4.68. The van der Waals surface area contributed by atoms with Gasteiger partial charge in [0.15, 0.2) is 0 Å². The molecule has 3 nitrogen and oxygen atoms in total. The van der Waals surface area contributed by atoms with Crippen LogP contribution in [-0.2, 0) is 13.2 Å². The van der Waals surface area contributed by atoms with Gasteiger partial charge in [0.1, 0.15) is 23.9 Å². The topological polar surface area (TPSA) is 34.4 Å². The largest absolute Gasteiger partial charge is 0.484 e. The molecule has 1 aromatic carbocycles. The standard InChI is InChI=1S/C17H22BrNO2/c1-12(2)9-19-10-17-13(3)8-14(21-17)11-20-16-7-5-4-6-15(16)18/h4-8,12,19H,9-11H2,1-3H3. The van der Waals surface area contributed by atoms with Crippen molar-refractivity contribution in [2.45, 2.75) is 33.9 Å². The van der Waals surface area contributed by atoms with E-state index in [1.807, 2.05) is 30.3 Å². The van der Waals surface area contributed by atoms with Crippen LogP contribution in [0.1, 0.15) is 30.9 Å². The van der Waals surface area contributed by atoms with Gasteiger partial charge in [-0.1, -0.05) is 26.0 Å². The Morgan fingerprint density at radius 3 is 2.76 bits per heavy atom. The van der Waals surface area contributed by atoms with Gasteiger partial charge in [-0.15, -0.1) is 0 Å². The molecule has 0 unspecified atom stereocenters. The quantitative estimate of drug-likeness (QED) is 0.786. The van der Waals surface area contributed by atoms with E-state index in [9.17, 15) is 0 Å². The molecule has 0 fully saturated rings. The molecule has 0 aliphatic carbocycles. The highest BCUT2D eigenvalue weighted by atomic mass is 79.9. The average molecular weight is 352 g/mol. The van der Waals surface area contributed by atoms with Crippen molar-refractivity contribution < 1.29 is 9.15 Å². The van der Waals surface area contributed by atoms with Gasteiger partial charge in [-0.3, -0.25) is 0 Å². The summed E-state index contributed by atoms with van der Waals surface area (Å²) in [6, 6.07) is 9.86. The van der Waals surface area contributed by atoms with Gasteiger partial charge in [0.05, 0.1) is 11.0 Å². The average Bonchev–Trinajstić information content (AvgIpc) is 2.78. The van der Waals surface area contributed by atoms with Crippen LogP contribution in [0.3, 0.4) is 0 Å². The van der Waals surface area contributed by atoms with E-state index in [1.165, 1.54) is 0 Å². The summed E-state index contributed by atoms with van der Waals surface area (Å²) >= 11 is 3.47. The first-order chi connectivity index (χ1) is 10.1. The number of rotatable bonds is 7. The molecule has 1 heterocycles. The number of furan rings is 1. The molecule has 0 aliphatic rings. The Morgan fingerprint density at radius 2 is 2.05 bits per heavy atom. The highest BCUT2D eigenvalue weighted by Crippen LogP contribution is 2.25. The van der Waals surface area contributed by atoms with Crippen LogP contribution in [0.4, 0.5) is 0 Å². The number of hydrogen-bond donors (Lipinski definition) is 1. The summed E-state index contributed by atoms with van der Waals surface area (Å²) in [4.78, 5) is 0. The van der Waals surface area contributed by atoms with Crippen molar-refractivity contribution >= 4 is 15.9 Å². The van der Waals surface area contributed by atoms with Crippen LogP contribution in [0.5, 0.6) is 5.75 Å². The Hall–Kier alpha value is -1.26. The summed E-state index contributed by atoms with van der Waals surface area (Å²) < 4.78 is 12.6. The summed E-state index contributed by atoms with van der Waals surface area (Å²) in [5, 5.41) is 3.40. The smallest absolute Gasteiger partial charge is 0.146 e. The van der Waals surface area contributed by atoms with Crippen molar-refractivity contribution in [3.63, 3.8) is 0 Å². The Kier molecular flexibility index (Phi) is 5.88. The van der Waals surface area contributed by atoms with Crippen LogP contribution in [0.15, 0.2) is 39.2 Å². The molecule has 0 saturated carbocycles. The normalized spacial score (nSPS) is 11.1. The fourth-order valence-corrected chi connectivity index (χ4v) is 2.42. The number of benzene rings is 1. The van der Waals surface area contributed by atoms with E-state index in [1.54, 1.807) is 0 Å². The van der Waals surface area contributed by atoms with E-state index in [2.05, 4.69) is 42.0 Å². The Balaban J connectivity index is 1.91. The van der Waals surface area contributed by atoms with Crippen LogP contribution in [0.25, 0.3) is 0 Å². The molecule has 2 aromatic rings. The molecule has 114 valence electrons. The van der Waals surface area contributed by atoms with Crippen molar-refractivity contribution in [2.24, 2.45) is 5.92 Å². The maximum Gasteiger partial charge on any atom is 0.146 e. The first-order valence-corrected chi connectivity index (χ1v) is 8.01. The highest BCUT2D eigenvalue weighted by Gasteiger charge is 2.09. The van der Waals surface area contributed by atoms with Crippen molar-refractivity contribution in [3.8, 4) is 5.75 Å². The molecular formula is C17H22BrNO2. The van der Waals surface area contributed by atoms with Gasteiger partial charge in [-0.2, -0.15) is 0 Å². The van der Waals surface area contributed by atoms with Crippen LogP contribution >= 0.6 is 15.9 Å². The third kappa shape index (κ3) is 4.90. The summed E-state index contributed by atoms with van der Waals surface area (Å²) in [5.74, 6) is 3.30. The number of ether oxygens (including phenoxy) is 1. The van der Waals surface area contributed by atoms with Crippen molar-refractivity contribution in [2.75, 3.05) is 6.54 Å². The minimum absolute atomic E-state index is 0.438. The lowest BCUT2D eigenvalue weighted by molar-refractivity contribution is 0.263. The number of aryl methyl sites for hydroxylation is 1. The lowest BCUT2D eigenvalue weighted by Gasteiger charge is -2.07. The Bertz CT molecular complexity index is 578. The summed E-state index contributed by atoms with van der Waals surface area (Å²) in [6.45, 7) is 8.64. The van der Waals surface area contributed by atoms with Crippen LogP contribution in [0, 0.1) is 12.8 Å². The van der Waals surface area contributed by atoms with E-state index in [4.69, 9.17) is 9.15 Å². The van der Waals surface area contributed by atoms with E-state index < -0.39 is 0 Å². The second-order valence-electron chi connectivity index (χ2n) is 5.56. The third-order valence-corrected chi connectivity index (χ3v) is 3.77. The van der Waals surface area contributed by atoms with Crippen LogP contribution in [-0.4, -0.2) is 6.54 Å². The number of para-hydroxylation sites is 1. The highest BCUT2D eigenvalue weighted by molar-refractivity contribution is 9.10. The zero-order valence-electron chi connectivity index (χ0n) is 12.8. The maximum atomic E-state index is 5.86. The summed E-state index contributed by atoms with van der Waals surface area (Å²) in [7, 11) is 0. The Morgan fingerprint density at radius 1 is 1.29 bits per heavy atom. The number of nitrogens with one attached hydrogen (secondary N) is 1. The lowest BCUT2D eigenvalue weighted by Crippen LogP contribution is -2.18. The minimum Gasteiger partial charge on any atom is -0.484 e. The molecule has 1 N–H and O–H groups in total. The van der Waals surface area contributed by atoms with Crippen LogP contribution < -0.4 is 10.1 Å². The summed E-state index contributed by atoms with van der Waals surface area (Å²) in [5.41, 5.74) is 1.16. The predicted molar refractivity (Wildman–Crippen MR) is 88.5 cm³/mol. The second-order valence-corrected chi connectivity index (χ2v) is 6.42. The molecule has 0 amide bonds. The first-order valence-electron chi connectivity index (χ1n) is 7.22. The van der Waals surface area contributed by atoms with Gasteiger partial charge in [-0.25, -0.2) is 0 Å². The molecule has 0 bridgehead atoms. The van der Waals surface area contributed by atoms with Gasteiger partial charge in [-0.05, 0) is 59.1 Å². The van der Waals surface area contributed by atoms with Gasteiger partial charge in [0.25, 0.3) is 0 Å². The van der Waals surface area contributed by atoms with Crippen LogP contribution in [0.2, 0.25) is 0 Å². The molecule has 21 heavy (non-hydrogen) atoms. The molecule has 0 atom stereocenters. The van der Waals surface area contributed by atoms with Crippen molar-refractivity contribution in [3.05, 3.63) is 51.9 Å². The van der Waals surface area contributed by atoms with E-state index >= 15 is 0 Å². The minimum atomic E-state index is 0.438. The first kappa shape index (κ1) is 16.1. The van der Waals surface area contributed by atoms with E-state index in [0.717, 1.165) is 40.4 Å². The van der Waals surface area contributed by atoms with Gasteiger partial charge in [0.2, 0.25) is 0 Å². The van der Waals surface area contributed by atoms with Crippen molar-refractivity contribution in [1.82, 2.24) is 5.32 Å². The zero-order chi connectivity index (χ0) is 15.2. The lowest BCUT2D eigenvalue weighted by atomic mass is 10.2. The molecule has 0 saturated heterocycles. The monoisotopic (exact) mass is 351 g/mol. The maximum absolute atomic E-state index is 5.86. The van der Waals surface area contributed by atoms with Gasteiger partial charge in [0, 0.05) is 0 Å². The SMILES string of the molecule is Cc1cc(COc2ccccc2Br)oc1CNCC(C)C. The number of hydrogen-bond acceptors (Lipinski definition) is 3.